The monoisotopic (exact) mass is 429 g/mol. The van der Waals surface area contributed by atoms with Crippen molar-refractivity contribution in [2.24, 2.45) is 5.10 Å². The summed E-state index contributed by atoms with van der Waals surface area (Å²) in [5.41, 5.74) is 7.15. The lowest BCUT2D eigenvalue weighted by molar-refractivity contribution is -0.442. The van der Waals surface area contributed by atoms with E-state index in [2.05, 4.69) is 79.1 Å². The van der Waals surface area contributed by atoms with E-state index in [1.807, 2.05) is 22.9 Å². The number of para-hydroxylation sites is 2. The SMILES string of the molecule is CC1=N[N+](c2ccc3c4ccccc4n(-c4ccc5c(n4)oc4ccccc45)c3c2)=C(C)C1. The van der Waals surface area contributed by atoms with Crippen molar-refractivity contribution in [2.75, 3.05) is 0 Å². The third kappa shape index (κ3) is 2.62. The molecule has 0 radical (unpaired) electrons. The summed E-state index contributed by atoms with van der Waals surface area (Å²) in [6.07, 6.45) is 0.908. The standard InChI is InChI=1S/C28H21N4O/c1-17-15-18(2)32(30-17)19-11-12-21-20-7-3-5-9-24(20)31(25(21)16-19)27-14-13-23-22-8-4-6-10-26(22)33-28(23)29-27/h3-14,16H,15H2,1-2H3/q+1. The topological polar surface area (TPSA) is 46.3 Å². The number of hydrogen-bond donors (Lipinski definition) is 0. The van der Waals surface area contributed by atoms with Crippen LogP contribution in [0.15, 0.2) is 88.4 Å². The van der Waals surface area contributed by atoms with Crippen molar-refractivity contribution in [1.82, 2.24) is 9.55 Å². The minimum absolute atomic E-state index is 0.653. The van der Waals surface area contributed by atoms with E-state index in [0.29, 0.717) is 5.71 Å². The molecule has 1 aliphatic heterocycles. The first-order valence-electron chi connectivity index (χ1n) is 11.2. The number of benzene rings is 3. The van der Waals surface area contributed by atoms with Crippen LogP contribution >= 0.6 is 0 Å². The number of hydrazone groups is 1. The van der Waals surface area contributed by atoms with Crippen molar-refractivity contribution in [2.45, 2.75) is 20.3 Å². The van der Waals surface area contributed by atoms with Gasteiger partial charge in [0.2, 0.25) is 11.4 Å². The number of furan rings is 1. The molecule has 0 spiro atoms. The zero-order chi connectivity index (χ0) is 22.1. The summed E-state index contributed by atoms with van der Waals surface area (Å²) in [6, 6.07) is 27.3. The Kier molecular flexibility index (Phi) is 3.68. The molecule has 0 aliphatic carbocycles. The van der Waals surface area contributed by atoms with Crippen LogP contribution in [0.25, 0.3) is 49.7 Å². The normalized spacial score (nSPS) is 14.3. The number of hydrogen-bond acceptors (Lipinski definition) is 3. The van der Waals surface area contributed by atoms with Gasteiger partial charge in [-0.3, -0.25) is 4.57 Å². The fraction of sp³-hybridized carbons (Fsp3) is 0.107. The molecule has 6 aromatic rings. The van der Waals surface area contributed by atoms with Crippen LogP contribution in [0.5, 0.6) is 0 Å². The number of fused-ring (bicyclic) bond motifs is 6. The van der Waals surface area contributed by atoms with E-state index in [-0.39, 0.29) is 0 Å². The minimum Gasteiger partial charge on any atom is -0.438 e. The molecule has 0 bridgehead atoms. The fourth-order valence-corrected chi connectivity index (χ4v) is 5.07. The Hall–Kier alpha value is -4.25. The quantitative estimate of drug-likeness (QED) is 0.279. The molecule has 0 atom stereocenters. The van der Waals surface area contributed by atoms with Crippen LogP contribution in [-0.4, -0.2) is 25.7 Å². The second-order valence-corrected chi connectivity index (χ2v) is 8.73. The molecular formula is C28H21N4O+. The largest absolute Gasteiger partial charge is 0.438 e. The van der Waals surface area contributed by atoms with Gasteiger partial charge in [-0.15, -0.1) is 0 Å². The number of aromatic nitrogens is 2. The van der Waals surface area contributed by atoms with Crippen LogP contribution in [0.1, 0.15) is 20.3 Å². The average Bonchev–Trinajstić information content (AvgIpc) is 3.48. The van der Waals surface area contributed by atoms with E-state index < -0.39 is 0 Å². The lowest BCUT2D eigenvalue weighted by Crippen LogP contribution is -2.03. The summed E-state index contributed by atoms with van der Waals surface area (Å²) < 4.78 is 10.4. The molecule has 158 valence electrons. The van der Waals surface area contributed by atoms with E-state index in [9.17, 15) is 0 Å². The summed E-state index contributed by atoms with van der Waals surface area (Å²) in [7, 11) is 0. The lowest BCUT2D eigenvalue weighted by atomic mass is 10.1. The van der Waals surface area contributed by atoms with E-state index >= 15 is 0 Å². The average molecular weight is 430 g/mol. The Morgan fingerprint density at radius 2 is 1.55 bits per heavy atom. The van der Waals surface area contributed by atoms with Crippen LogP contribution in [-0.2, 0) is 0 Å². The minimum atomic E-state index is 0.653. The van der Waals surface area contributed by atoms with Crippen LogP contribution in [0, 0.1) is 0 Å². The molecule has 3 aromatic carbocycles. The lowest BCUT2D eigenvalue weighted by Gasteiger charge is -2.06. The third-order valence-electron chi connectivity index (χ3n) is 6.50. The maximum atomic E-state index is 6.09. The molecular weight excluding hydrogens is 408 g/mol. The molecule has 33 heavy (non-hydrogen) atoms. The van der Waals surface area contributed by atoms with Gasteiger partial charge in [0.05, 0.1) is 23.2 Å². The summed E-state index contributed by atoms with van der Waals surface area (Å²) >= 11 is 0. The van der Waals surface area contributed by atoms with Gasteiger partial charge in [-0.25, -0.2) is 0 Å². The molecule has 7 rings (SSSR count). The molecule has 0 fully saturated rings. The summed E-state index contributed by atoms with van der Waals surface area (Å²) in [4.78, 5) is 4.96. The molecule has 0 saturated heterocycles. The van der Waals surface area contributed by atoms with Crippen molar-refractivity contribution in [3.63, 3.8) is 0 Å². The highest BCUT2D eigenvalue weighted by Gasteiger charge is 2.24. The Labute approximate surface area is 189 Å². The first kappa shape index (κ1) is 18.3. The molecule has 0 unspecified atom stereocenters. The summed E-state index contributed by atoms with van der Waals surface area (Å²) in [6.45, 7) is 4.21. The first-order valence-corrected chi connectivity index (χ1v) is 11.2. The van der Waals surface area contributed by atoms with Gasteiger partial charge in [0.25, 0.3) is 0 Å². The molecule has 5 nitrogen and oxygen atoms in total. The summed E-state index contributed by atoms with van der Waals surface area (Å²) in [5, 5.41) is 9.25. The highest BCUT2D eigenvalue weighted by Crippen LogP contribution is 2.35. The first-order chi connectivity index (χ1) is 16.2. The predicted octanol–water partition coefficient (Wildman–Crippen LogP) is 6.96. The fourth-order valence-electron chi connectivity index (χ4n) is 5.07. The van der Waals surface area contributed by atoms with E-state index in [1.165, 1.54) is 16.5 Å². The maximum absolute atomic E-state index is 6.09. The van der Waals surface area contributed by atoms with Crippen molar-refractivity contribution in [3.8, 4) is 5.82 Å². The van der Waals surface area contributed by atoms with Crippen molar-refractivity contribution >= 4 is 61.0 Å². The second-order valence-electron chi connectivity index (χ2n) is 8.73. The van der Waals surface area contributed by atoms with Crippen molar-refractivity contribution < 1.29 is 9.10 Å². The molecule has 5 heteroatoms. The van der Waals surface area contributed by atoms with Gasteiger partial charge in [0.1, 0.15) is 11.4 Å². The highest BCUT2D eigenvalue weighted by atomic mass is 16.3. The zero-order valence-electron chi connectivity index (χ0n) is 18.4. The smallest absolute Gasteiger partial charge is 0.240 e. The molecule has 4 heterocycles. The maximum Gasteiger partial charge on any atom is 0.240 e. The Morgan fingerprint density at radius 3 is 2.39 bits per heavy atom. The van der Waals surface area contributed by atoms with Crippen LogP contribution in [0.3, 0.4) is 0 Å². The number of rotatable bonds is 2. The van der Waals surface area contributed by atoms with Gasteiger partial charge < -0.3 is 4.42 Å². The highest BCUT2D eigenvalue weighted by molar-refractivity contribution is 6.10. The Bertz CT molecular complexity index is 1820. The molecule has 0 saturated carbocycles. The van der Waals surface area contributed by atoms with Gasteiger partial charge in [0, 0.05) is 40.6 Å². The molecule has 0 N–H and O–H groups in total. The van der Waals surface area contributed by atoms with Gasteiger partial charge in [-0.05, 0) is 42.4 Å². The molecule has 0 amide bonds. The third-order valence-corrected chi connectivity index (χ3v) is 6.50. The zero-order valence-corrected chi connectivity index (χ0v) is 18.4. The van der Waals surface area contributed by atoms with Crippen molar-refractivity contribution in [3.05, 3.63) is 78.9 Å². The summed E-state index contributed by atoms with van der Waals surface area (Å²) in [5.74, 6) is 0.840. The number of pyridine rings is 1. The van der Waals surface area contributed by atoms with E-state index in [0.717, 1.165) is 51.0 Å². The van der Waals surface area contributed by atoms with E-state index in [1.54, 1.807) is 0 Å². The van der Waals surface area contributed by atoms with Gasteiger partial charge in [-0.1, -0.05) is 41.1 Å². The number of nitrogens with zero attached hydrogens (tertiary/aromatic N) is 4. The predicted molar refractivity (Wildman–Crippen MR) is 134 cm³/mol. The molecule has 3 aromatic heterocycles. The van der Waals surface area contributed by atoms with Crippen molar-refractivity contribution in [1.29, 1.82) is 0 Å². The Morgan fingerprint density at radius 1 is 0.788 bits per heavy atom. The van der Waals surface area contributed by atoms with Crippen LogP contribution < -0.4 is 0 Å². The van der Waals surface area contributed by atoms with Crippen LogP contribution in [0.2, 0.25) is 0 Å². The van der Waals surface area contributed by atoms with Crippen LogP contribution in [0.4, 0.5) is 5.69 Å². The van der Waals surface area contributed by atoms with E-state index in [4.69, 9.17) is 14.5 Å². The van der Waals surface area contributed by atoms with Gasteiger partial charge in [0.15, 0.2) is 5.71 Å². The van der Waals surface area contributed by atoms with Gasteiger partial charge >= 0.3 is 0 Å². The Balaban J connectivity index is 1.53. The van der Waals surface area contributed by atoms with Gasteiger partial charge in [-0.2, -0.15) is 4.98 Å². The molecule has 1 aliphatic rings. The second kappa shape index (κ2) is 6.62.